The van der Waals surface area contributed by atoms with Crippen molar-refractivity contribution in [1.82, 2.24) is 19.8 Å². The van der Waals surface area contributed by atoms with Crippen LogP contribution in [0.15, 0.2) is 30.7 Å². The predicted octanol–water partition coefficient (Wildman–Crippen LogP) is 1.71. The van der Waals surface area contributed by atoms with Gasteiger partial charge in [-0.3, -0.25) is 14.6 Å². The molecule has 0 unspecified atom stereocenters. The van der Waals surface area contributed by atoms with Crippen LogP contribution in [-0.2, 0) is 17.9 Å². The van der Waals surface area contributed by atoms with Crippen molar-refractivity contribution in [2.24, 2.45) is 11.3 Å². The minimum atomic E-state index is -0.851. The van der Waals surface area contributed by atoms with E-state index < -0.39 is 23.0 Å². The van der Waals surface area contributed by atoms with E-state index in [1.807, 2.05) is 4.90 Å². The molecule has 1 aromatic carbocycles. The minimum Gasteiger partial charge on any atom is -0.481 e. The topological polar surface area (TPSA) is 72.5 Å². The molecule has 138 valence electrons. The molecule has 1 aromatic heterocycles. The van der Waals surface area contributed by atoms with E-state index in [0.29, 0.717) is 38.3 Å². The maximum absolute atomic E-state index is 13.9. The van der Waals surface area contributed by atoms with Crippen molar-refractivity contribution >= 4 is 5.97 Å². The number of imidazole rings is 1. The van der Waals surface area contributed by atoms with Crippen LogP contribution in [0.25, 0.3) is 0 Å². The molecule has 4 rings (SSSR count). The van der Waals surface area contributed by atoms with Crippen molar-refractivity contribution in [1.29, 1.82) is 0 Å². The van der Waals surface area contributed by atoms with Crippen LogP contribution in [0.4, 0.5) is 8.78 Å². The van der Waals surface area contributed by atoms with E-state index in [0.717, 1.165) is 11.8 Å². The summed E-state index contributed by atoms with van der Waals surface area (Å²) in [5.41, 5.74) is 0.494. The number of H-pyrrole nitrogens is 1. The van der Waals surface area contributed by atoms with Crippen molar-refractivity contribution in [2.75, 3.05) is 26.2 Å². The Balaban J connectivity index is 1.47. The molecule has 2 atom stereocenters. The van der Waals surface area contributed by atoms with Crippen molar-refractivity contribution in [3.05, 3.63) is 53.6 Å². The van der Waals surface area contributed by atoms with E-state index in [4.69, 9.17) is 0 Å². The fourth-order valence-corrected chi connectivity index (χ4v) is 4.32. The molecule has 6 nitrogen and oxygen atoms in total. The van der Waals surface area contributed by atoms with Gasteiger partial charge in [-0.1, -0.05) is 6.07 Å². The Labute approximate surface area is 149 Å². The first kappa shape index (κ1) is 17.1. The normalized spacial score (nSPS) is 26.3. The summed E-state index contributed by atoms with van der Waals surface area (Å²) < 4.78 is 27.0. The molecule has 2 aromatic rings. The van der Waals surface area contributed by atoms with E-state index in [9.17, 15) is 18.7 Å². The zero-order valence-corrected chi connectivity index (χ0v) is 14.2. The van der Waals surface area contributed by atoms with Gasteiger partial charge in [-0.15, -0.1) is 0 Å². The van der Waals surface area contributed by atoms with Crippen LogP contribution in [0.5, 0.6) is 0 Å². The molecule has 2 fully saturated rings. The van der Waals surface area contributed by atoms with Gasteiger partial charge in [-0.05, 0) is 6.07 Å². The number of aliphatic carboxylic acids is 1. The van der Waals surface area contributed by atoms with Crippen LogP contribution in [0, 0.1) is 23.0 Å². The molecule has 0 bridgehead atoms. The molecular weight excluding hydrogens is 342 g/mol. The zero-order chi connectivity index (χ0) is 18.3. The van der Waals surface area contributed by atoms with Crippen molar-refractivity contribution in [3.63, 3.8) is 0 Å². The Morgan fingerprint density at radius 2 is 2.00 bits per heavy atom. The fraction of sp³-hybridized carbons (Fsp3) is 0.444. The van der Waals surface area contributed by atoms with Gasteiger partial charge in [0.05, 0.1) is 11.7 Å². The van der Waals surface area contributed by atoms with Gasteiger partial charge in [0, 0.05) is 68.7 Å². The first-order chi connectivity index (χ1) is 12.5. The number of nitrogens with one attached hydrogen (secondary N) is 1. The molecular formula is C18H20F2N4O2. The number of likely N-dealkylation sites (tertiary alicyclic amines) is 2. The highest BCUT2D eigenvalue weighted by Crippen LogP contribution is 2.43. The van der Waals surface area contributed by atoms with E-state index in [1.165, 1.54) is 12.1 Å². The number of carboxylic acids is 1. The van der Waals surface area contributed by atoms with Gasteiger partial charge in [0.1, 0.15) is 11.6 Å². The highest BCUT2D eigenvalue weighted by Gasteiger charge is 2.57. The molecule has 2 aliphatic rings. The Bertz CT molecular complexity index is 814. The number of aromatic amines is 1. The predicted molar refractivity (Wildman–Crippen MR) is 89.1 cm³/mol. The average Bonchev–Trinajstić information content (AvgIpc) is 3.25. The van der Waals surface area contributed by atoms with Gasteiger partial charge in [-0.2, -0.15) is 0 Å². The molecule has 0 aliphatic carbocycles. The average molecular weight is 362 g/mol. The van der Waals surface area contributed by atoms with Gasteiger partial charge in [0.15, 0.2) is 0 Å². The second-order valence-corrected chi connectivity index (χ2v) is 7.31. The number of nitrogens with zero attached hydrogens (tertiary/aromatic N) is 3. The van der Waals surface area contributed by atoms with Crippen LogP contribution in [0.2, 0.25) is 0 Å². The second-order valence-electron chi connectivity index (χ2n) is 7.31. The Hall–Kier alpha value is -2.32. The number of halogens is 2. The first-order valence-corrected chi connectivity index (χ1v) is 8.55. The summed E-state index contributed by atoms with van der Waals surface area (Å²) in [5, 5.41) is 9.90. The number of fused-ring (bicyclic) bond motifs is 1. The van der Waals surface area contributed by atoms with Crippen LogP contribution >= 0.6 is 0 Å². The number of rotatable bonds is 5. The first-order valence-electron chi connectivity index (χ1n) is 8.55. The minimum absolute atomic E-state index is 0.0218. The summed E-state index contributed by atoms with van der Waals surface area (Å²) >= 11 is 0. The molecule has 8 heteroatoms. The molecule has 0 saturated carbocycles. The number of hydrogen-bond donors (Lipinski definition) is 2. The number of hydrogen-bond acceptors (Lipinski definition) is 4. The lowest BCUT2D eigenvalue weighted by Gasteiger charge is -2.25. The highest BCUT2D eigenvalue weighted by molar-refractivity contribution is 5.77. The molecule has 2 saturated heterocycles. The monoisotopic (exact) mass is 362 g/mol. The molecule has 2 N–H and O–H groups in total. The summed E-state index contributed by atoms with van der Waals surface area (Å²) in [6.07, 6.45) is 3.35. The summed E-state index contributed by atoms with van der Waals surface area (Å²) in [4.78, 5) is 23.2. The van der Waals surface area contributed by atoms with Crippen molar-refractivity contribution < 1.29 is 18.7 Å². The third kappa shape index (κ3) is 2.99. The molecule has 26 heavy (non-hydrogen) atoms. The quantitative estimate of drug-likeness (QED) is 0.847. The summed E-state index contributed by atoms with van der Waals surface area (Å²) in [6, 6.07) is 3.52. The molecule has 0 amide bonds. The van der Waals surface area contributed by atoms with Gasteiger partial charge >= 0.3 is 5.97 Å². The van der Waals surface area contributed by atoms with Crippen molar-refractivity contribution in [3.8, 4) is 0 Å². The lowest BCUT2D eigenvalue weighted by Crippen LogP contribution is -2.40. The molecule has 0 radical (unpaired) electrons. The molecule has 3 heterocycles. The Morgan fingerprint density at radius 3 is 2.58 bits per heavy atom. The summed E-state index contributed by atoms with van der Waals surface area (Å²) in [7, 11) is 0. The van der Waals surface area contributed by atoms with E-state index in [2.05, 4.69) is 14.9 Å². The number of carboxylic acid groups (broad SMARTS) is 1. The second kappa shape index (κ2) is 6.44. The van der Waals surface area contributed by atoms with Gasteiger partial charge in [0.2, 0.25) is 0 Å². The van der Waals surface area contributed by atoms with Gasteiger partial charge in [-0.25, -0.2) is 13.8 Å². The number of aromatic nitrogens is 2. The lowest BCUT2D eigenvalue weighted by atomic mass is 9.81. The third-order valence-electron chi connectivity index (χ3n) is 5.53. The van der Waals surface area contributed by atoms with E-state index in [1.54, 1.807) is 12.5 Å². The third-order valence-corrected chi connectivity index (χ3v) is 5.53. The van der Waals surface area contributed by atoms with Crippen LogP contribution in [0.3, 0.4) is 0 Å². The van der Waals surface area contributed by atoms with Crippen LogP contribution in [-0.4, -0.2) is 57.0 Å². The van der Waals surface area contributed by atoms with Crippen LogP contribution in [0.1, 0.15) is 11.3 Å². The fourth-order valence-electron chi connectivity index (χ4n) is 4.32. The maximum atomic E-state index is 13.9. The Morgan fingerprint density at radius 1 is 1.27 bits per heavy atom. The standard InChI is InChI=1S/C18H20F2N4O2/c19-14-2-1-12(16(20)3-14)5-23-6-13-7-24(8-15-4-21-11-22-15)10-18(13,9-23)17(25)26/h1-4,11,13H,5-10H2,(H,21,22)(H,25,26)/t13-,18-/m1/s1. The number of carbonyl (C=O) groups is 1. The Kier molecular flexibility index (Phi) is 4.24. The van der Waals surface area contributed by atoms with E-state index in [-0.39, 0.29) is 12.5 Å². The highest BCUT2D eigenvalue weighted by atomic mass is 19.1. The SMILES string of the molecule is O=C(O)[C@]12CN(Cc3cnc[nH]3)C[C@H]1CN(Cc1ccc(F)cc1F)C2. The largest absolute Gasteiger partial charge is 0.481 e. The maximum Gasteiger partial charge on any atom is 0.312 e. The molecule has 0 spiro atoms. The van der Waals surface area contributed by atoms with Crippen LogP contribution < -0.4 is 0 Å². The van der Waals surface area contributed by atoms with Gasteiger partial charge < -0.3 is 10.1 Å². The summed E-state index contributed by atoms with van der Waals surface area (Å²) in [6.45, 7) is 3.00. The number of benzene rings is 1. The van der Waals surface area contributed by atoms with E-state index >= 15 is 0 Å². The zero-order valence-electron chi connectivity index (χ0n) is 14.2. The molecule has 2 aliphatic heterocycles. The van der Waals surface area contributed by atoms with Crippen molar-refractivity contribution in [2.45, 2.75) is 13.1 Å². The smallest absolute Gasteiger partial charge is 0.312 e. The van der Waals surface area contributed by atoms with Gasteiger partial charge in [0.25, 0.3) is 0 Å². The lowest BCUT2D eigenvalue weighted by molar-refractivity contribution is -0.149. The summed E-state index contributed by atoms with van der Waals surface area (Å²) in [5.74, 6) is -2.03.